The number of anilines is 1. The lowest BCUT2D eigenvalue weighted by atomic mass is 9.71. The molecular formula is C21H28F2N4O2. The first-order valence-corrected chi connectivity index (χ1v) is 9.75. The molecule has 0 saturated heterocycles. The molecule has 1 aliphatic carbocycles. The number of hydrogen-bond acceptors (Lipinski definition) is 3. The molecular weight excluding hydrogens is 378 g/mol. The molecule has 29 heavy (non-hydrogen) atoms. The van der Waals surface area contributed by atoms with Gasteiger partial charge in [-0.05, 0) is 49.1 Å². The molecule has 2 aromatic rings. The number of amides is 2. The van der Waals surface area contributed by atoms with E-state index < -0.39 is 17.5 Å². The lowest BCUT2D eigenvalue weighted by Gasteiger charge is -2.37. The molecule has 0 atom stereocenters. The minimum atomic E-state index is -0.855. The molecule has 0 aliphatic heterocycles. The Bertz CT molecular complexity index is 882. The Kier molecular flexibility index (Phi) is 6.00. The number of nitrogens with zero attached hydrogens (tertiary/aromatic N) is 1. The Morgan fingerprint density at radius 2 is 1.69 bits per heavy atom. The number of hydrogen-bond donors (Lipinski definition) is 3. The molecule has 3 N–H and O–H groups in total. The van der Waals surface area contributed by atoms with Crippen molar-refractivity contribution in [3.05, 3.63) is 47.3 Å². The second-order valence-electron chi connectivity index (χ2n) is 8.66. The molecule has 1 heterocycles. The normalized spacial score (nSPS) is 19.6. The molecule has 158 valence electrons. The summed E-state index contributed by atoms with van der Waals surface area (Å²) >= 11 is 0. The summed E-state index contributed by atoms with van der Waals surface area (Å²) in [6.45, 7) is 6.71. The van der Waals surface area contributed by atoms with Gasteiger partial charge in [0.2, 0.25) is 0 Å². The summed E-state index contributed by atoms with van der Waals surface area (Å²) in [6, 6.07) is 2.59. The average Bonchev–Trinajstić information content (AvgIpc) is 3.09. The molecule has 0 radical (unpaired) electrons. The van der Waals surface area contributed by atoms with E-state index in [4.69, 9.17) is 0 Å². The fraction of sp³-hybridized carbons (Fsp3) is 0.476. The van der Waals surface area contributed by atoms with Crippen LogP contribution in [0.3, 0.4) is 0 Å². The van der Waals surface area contributed by atoms with Crippen LogP contribution in [0.4, 0.5) is 14.5 Å². The van der Waals surface area contributed by atoms with Crippen LogP contribution in [0.25, 0.3) is 0 Å². The lowest BCUT2D eigenvalue weighted by molar-refractivity contribution is 0.0900. The number of rotatable bonds is 4. The first-order chi connectivity index (χ1) is 13.6. The number of aromatic nitrogens is 2. The molecule has 1 aliphatic rings. The van der Waals surface area contributed by atoms with Crippen molar-refractivity contribution in [2.45, 2.75) is 52.5 Å². The molecule has 8 heteroatoms. The largest absolute Gasteiger partial charge is 0.348 e. The molecule has 0 bridgehead atoms. The maximum atomic E-state index is 13.3. The minimum Gasteiger partial charge on any atom is -0.348 e. The Morgan fingerprint density at radius 3 is 2.28 bits per heavy atom. The highest BCUT2D eigenvalue weighted by Gasteiger charge is 2.30. The van der Waals surface area contributed by atoms with E-state index in [1.807, 2.05) is 0 Å². The van der Waals surface area contributed by atoms with Crippen molar-refractivity contribution in [2.24, 2.45) is 11.3 Å². The van der Waals surface area contributed by atoms with Gasteiger partial charge in [0.15, 0.2) is 0 Å². The fourth-order valence-electron chi connectivity index (χ4n) is 3.79. The van der Waals surface area contributed by atoms with Crippen molar-refractivity contribution in [1.29, 1.82) is 0 Å². The number of benzene rings is 1. The summed E-state index contributed by atoms with van der Waals surface area (Å²) in [5, 5.41) is 11.9. The van der Waals surface area contributed by atoms with E-state index in [9.17, 15) is 18.4 Å². The van der Waals surface area contributed by atoms with Gasteiger partial charge in [0.05, 0.1) is 11.9 Å². The number of nitrogens with one attached hydrogen (secondary N) is 3. The number of aromatic amines is 1. The highest BCUT2D eigenvalue weighted by molar-refractivity contribution is 6.08. The van der Waals surface area contributed by atoms with Gasteiger partial charge in [-0.1, -0.05) is 20.8 Å². The summed E-state index contributed by atoms with van der Waals surface area (Å²) in [5.74, 6) is -2.19. The van der Waals surface area contributed by atoms with E-state index in [0.29, 0.717) is 12.0 Å². The van der Waals surface area contributed by atoms with Crippen molar-refractivity contribution in [3.63, 3.8) is 0 Å². The first-order valence-electron chi connectivity index (χ1n) is 9.75. The predicted molar refractivity (Wildman–Crippen MR) is 108 cm³/mol. The Hall–Kier alpha value is -2.77. The van der Waals surface area contributed by atoms with Crippen LogP contribution >= 0.6 is 0 Å². The number of carbonyl (C=O) groups excluding carboxylic acids is 2. The van der Waals surface area contributed by atoms with Gasteiger partial charge in [0.25, 0.3) is 11.8 Å². The maximum Gasteiger partial charge on any atom is 0.271 e. The van der Waals surface area contributed by atoms with Crippen molar-refractivity contribution in [1.82, 2.24) is 15.5 Å². The zero-order valence-corrected chi connectivity index (χ0v) is 16.8. The van der Waals surface area contributed by atoms with Crippen molar-refractivity contribution in [3.8, 4) is 0 Å². The molecule has 1 saturated carbocycles. The van der Waals surface area contributed by atoms with Gasteiger partial charge in [0, 0.05) is 19.1 Å². The topological polar surface area (TPSA) is 86.9 Å². The highest BCUT2D eigenvalue weighted by atomic mass is 19.1. The summed E-state index contributed by atoms with van der Waals surface area (Å²) in [5.41, 5.74) is 0.330. The predicted octanol–water partition coefficient (Wildman–Crippen LogP) is 4.52. The lowest BCUT2D eigenvalue weighted by Crippen LogP contribution is -2.39. The third-order valence-corrected chi connectivity index (χ3v) is 5.53. The van der Waals surface area contributed by atoms with Crippen molar-refractivity contribution >= 4 is 17.5 Å². The maximum absolute atomic E-state index is 13.3. The molecule has 0 spiro atoms. The van der Waals surface area contributed by atoms with Crippen LogP contribution in [-0.4, -0.2) is 28.1 Å². The summed E-state index contributed by atoms with van der Waals surface area (Å²) in [4.78, 5) is 24.9. The second kappa shape index (κ2) is 8.31. The van der Waals surface area contributed by atoms with E-state index in [-0.39, 0.29) is 35.7 Å². The molecule has 3 rings (SSSR count). The van der Waals surface area contributed by atoms with Gasteiger partial charge in [-0.25, -0.2) is 8.78 Å². The third kappa shape index (κ3) is 5.19. The van der Waals surface area contributed by atoms with Crippen LogP contribution in [-0.2, 0) is 0 Å². The van der Waals surface area contributed by atoms with Gasteiger partial charge >= 0.3 is 0 Å². The summed E-state index contributed by atoms with van der Waals surface area (Å²) < 4.78 is 26.7. The van der Waals surface area contributed by atoms with E-state index in [0.717, 1.165) is 37.8 Å². The third-order valence-electron chi connectivity index (χ3n) is 5.53. The molecule has 2 amide bonds. The van der Waals surface area contributed by atoms with Crippen molar-refractivity contribution in [2.75, 3.05) is 5.32 Å². The van der Waals surface area contributed by atoms with Crippen molar-refractivity contribution < 1.29 is 19.8 Å². The van der Waals surface area contributed by atoms with Gasteiger partial charge in [-0.2, -0.15) is 5.10 Å². The smallest absolute Gasteiger partial charge is 0.271 e. The van der Waals surface area contributed by atoms with Crippen LogP contribution in [0.15, 0.2) is 24.4 Å². The van der Waals surface area contributed by atoms with Crippen LogP contribution < -0.4 is 10.6 Å². The molecule has 6 nitrogen and oxygen atoms in total. The Labute approximate surface area is 169 Å². The summed E-state index contributed by atoms with van der Waals surface area (Å²) in [6.07, 6.45) is 5.18. The Morgan fingerprint density at radius 1 is 1.07 bits per heavy atom. The molecule has 1 aromatic heterocycles. The van der Waals surface area contributed by atoms with Gasteiger partial charge in [-0.3, -0.25) is 14.7 Å². The number of carbonyl (C=O) groups is 2. The van der Waals surface area contributed by atoms with Crippen LogP contribution in [0.5, 0.6) is 0 Å². The number of H-pyrrole nitrogens is 1. The minimum absolute atomic E-state index is 0. The fourth-order valence-corrected chi connectivity index (χ4v) is 3.79. The zero-order valence-electron chi connectivity index (χ0n) is 16.8. The van der Waals surface area contributed by atoms with Crippen LogP contribution in [0.2, 0.25) is 0 Å². The standard InChI is InChI=1S/C21H26F2N4O2.H2/c1-21(2,3)13-4-6-16(7-5-13)25-20(29)18-17(11-24-27-18)26-19(28)12-8-14(22)10-15(23)9-12;/h8-11,13,16H,4-7H2,1-3H3,(H,24,27)(H,25,29)(H,26,28);1H. The number of halogens is 2. The van der Waals surface area contributed by atoms with Gasteiger partial charge in [0.1, 0.15) is 17.3 Å². The van der Waals surface area contributed by atoms with E-state index in [1.54, 1.807) is 0 Å². The molecule has 1 fully saturated rings. The highest BCUT2D eigenvalue weighted by Crippen LogP contribution is 2.37. The van der Waals surface area contributed by atoms with Crippen LogP contribution in [0.1, 0.15) is 68.7 Å². The molecule has 1 aromatic carbocycles. The quantitative estimate of drug-likeness (QED) is 0.698. The van der Waals surface area contributed by atoms with Gasteiger partial charge in [-0.15, -0.1) is 0 Å². The van der Waals surface area contributed by atoms with E-state index in [1.165, 1.54) is 6.20 Å². The first kappa shape index (κ1) is 21.0. The van der Waals surface area contributed by atoms with Crippen LogP contribution in [0, 0.1) is 23.0 Å². The van der Waals surface area contributed by atoms with Gasteiger partial charge < -0.3 is 10.6 Å². The average molecular weight is 406 g/mol. The molecule has 0 unspecified atom stereocenters. The Balaban J connectivity index is 0.00000320. The van der Waals surface area contributed by atoms with E-state index >= 15 is 0 Å². The van der Waals surface area contributed by atoms with E-state index in [2.05, 4.69) is 41.6 Å². The zero-order chi connectivity index (χ0) is 21.2. The SMILES string of the molecule is CC(C)(C)C1CCC(NC(=O)c2[nH]ncc2NC(=O)c2cc(F)cc(F)c2)CC1.[HH]. The monoisotopic (exact) mass is 406 g/mol. The second-order valence-corrected chi connectivity index (χ2v) is 8.66. The summed E-state index contributed by atoms with van der Waals surface area (Å²) in [7, 11) is 0.